The van der Waals surface area contributed by atoms with Gasteiger partial charge in [-0.2, -0.15) is 0 Å². The van der Waals surface area contributed by atoms with Crippen LogP contribution in [0.5, 0.6) is 0 Å². The number of hydrogen-bond donors (Lipinski definition) is 0. The van der Waals surface area contributed by atoms with Gasteiger partial charge in [0.2, 0.25) is 0 Å². The van der Waals surface area contributed by atoms with Crippen LogP contribution in [0.25, 0.3) is 0 Å². The Bertz CT molecular complexity index is 668. The lowest BCUT2D eigenvalue weighted by molar-refractivity contribution is 0.0977. The minimum atomic E-state index is 0.175. The molecule has 0 spiro atoms. The summed E-state index contributed by atoms with van der Waals surface area (Å²) in [6, 6.07) is 3.64. The maximum absolute atomic E-state index is 12.0. The molecule has 118 valence electrons. The number of ketones is 1. The molecule has 3 heteroatoms. The summed E-state index contributed by atoms with van der Waals surface area (Å²) >= 11 is 0. The maximum atomic E-state index is 12.0. The Morgan fingerprint density at radius 1 is 1.26 bits per heavy atom. The van der Waals surface area contributed by atoms with Gasteiger partial charge in [0.15, 0.2) is 5.78 Å². The van der Waals surface area contributed by atoms with Crippen molar-refractivity contribution in [1.82, 2.24) is 9.88 Å². The molecule has 1 aromatic rings. The largest absolute Gasteiger partial charge is 0.374 e. The number of hydrogen-bond acceptors (Lipinski definition) is 3. The van der Waals surface area contributed by atoms with Crippen molar-refractivity contribution in [3.63, 3.8) is 0 Å². The normalized spacial score (nSPS) is 17.0. The predicted octanol–water partition coefficient (Wildman–Crippen LogP) is 4.08. The van der Waals surface area contributed by atoms with Crippen molar-refractivity contribution in [3.05, 3.63) is 77.8 Å². The number of nitrogens with zero attached hydrogens (tertiary/aromatic N) is 2. The molecule has 0 unspecified atom stereocenters. The first-order chi connectivity index (χ1) is 11.3. The Morgan fingerprint density at radius 3 is 2.91 bits per heavy atom. The van der Waals surface area contributed by atoms with Crippen molar-refractivity contribution in [3.8, 4) is 0 Å². The molecule has 1 aliphatic carbocycles. The second-order valence-electron chi connectivity index (χ2n) is 5.88. The highest BCUT2D eigenvalue weighted by Crippen LogP contribution is 2.23. The Hall–Kier alpha value is -2.42. The summed E-state index contributed by atoms with van der Waals surface area (Å²) in [6.45, 7) is 1.83. The summed E-state index contributed by atoms with van der Waals surface area (Å²) in [4.78, 5) is 18.3. The molecule has 2 aliphatic rings. The van der Waals surface area contributed by atoms with Gasteiger partial charge in [0, 0.05) is 37.5 Å². The third-order valence-electron chi connectivity index (χ3n) is 4.22. The molecule has 0 fully saturated rings. The molecule has 0 radical (unpaired) electrons. The van der Waals surface area contributed by atoms with Crippen LogP contribution in [0.1, 0.15) is 36.0 Å². The van der Waals surface area contributed by atoms with Gasteiger partial charge in [0.1, 0.15) is 0 Å². The first kappa shape index (κ1) is 15.5. The van der Waals surface area contributed by atoms with Crippen LogP contribution in [0.3, 0.4) is 0 Å². The zero-order valence-corrected chi connectivity index (χ0v) is 13.3. The number of allylic oxidation sites excluding steroid dienone is 6. The van der Waals surface area contributed by atoms with E-state index in [1.807, 2.05) is 12.1 Å². The standard InChI is InChI=1S/C20H22N2O/c23-20(19-8-4-12-21-16-19)9-5-13-22-14-10-18(11-15-22)17-6-2-1-3-7-17/h1-2,4,7-8,10-12,14,16H,3,5-6,9,13,15H2. The summed E-state index contributed by atoms with van der Waals surface area (Å²) in [5, 5.41) is 0. The van der Waals surface area contributed by atoms with Gasteiger partial charge >= 0.3 is 0 Å². The highest BCUT2D eigenvalue weighted by Gasteiger charge is 2.10. The number of aromatic nitrogens is 1. The Labute approximate surface area is 137 Å². The monoisotopic (exact) mass is 306 g/mol. The van der Waals surface area contributed by atoms with Crippen molar-refractivity contribution in [2.24, 2.45) is 0 Å². The maximum Gasteiger partial charge on any atom is 0.164 e. The smallest absolute Gasteiger partial charge is 0.164 e. The van der Waals surface area contributed by atoms with Gasteiger partial charge in [-0.1, -0.05) is 24.3 Å². The van der Waals surface area contributed by atoms with Crippen molar-refractivity contribution in [2.45, 2.75) is 25.7 Å². The fraction of sp³-hybridized carbons (Fsp3) is 0.300. The van der Waals surface area contributed by atoms with E-state index in [1.165, 1.54) is 11.1 Å². The first-order valence-electron chi connectivity index (χ1n) is 8.23. The molecule has 0 amide bonds. The lowest BCUT2D eigenvalue weighted by atomic mass is 9.96. The van der Waals surface area contributed by atoms with E-state index in [9.17, 15) is 4.79 Å². The van der Waals surface area contributed by atoms with E-state index in [-0.39, 0.29) is 5.78 Å². The average molecular weight is 306 g/mol. The SMILES string of the molecule is O=C(CCCN1C=CC(C2=CCC=CC2)=CC1)c1cccnc1. The molecule has 3 nitrogen and oxygen atoms in total. The Kier molecular flexibility index (Phi) is 5.20. The molecule has 1 aromatic heterocycles. The second-order valence-corrected chi connectivity index (χ2v) is 5.88. The van der Waals surface area contributed by atoms with E-state index in [0.717, 1.165) is 32.4 Å². The van der Waals surface area contributed by atoms with Gasteiger partial charge in [-0.15, -0.1) is 0 Å². The molecule has 2 heterocycles. The molecule has 0 saturated carbocycles. The predicted molar refractivity (Wildman–Crippen MR) is 93.1 cm³/mol. The van der Waals surface area contributed by atoms with Crippen LogP contribution in [0, 0.1) is 0 Å². The van der Waals surface area contributed by atoms with Crippen LogP contribution in [-0.2, 0) is 0 Å². The van der Waals surface area contributed by atoms with Gasteiger partial charge in [0.25, 0.3) is 0 Å². The molecule has 0 aromatic carbocycles. The molecule has 0 N–H and O–H groups in total. The minimum absolute atomic E-state index is 0.175. The van der Waals surface area contributed by atoms with Gasteiger partial charge in [-0.3, -0.25) is 9.78 Å². The molecule has 1 aliphatic heterocycles. The van der Waals surface area contributed by atoms with E-state index >= 15 is 0 Å². The fourth-order valence-corrected chi connectivity index (χ4v) is 2.88. The molecular weight excluding hydrogens is 284 g/mol. The molecule has 0 atom stereocenters. The van der Waals surface area contributed by atoms with E-state index < -0.39 is 0 Å². The molecule has 23 heavy (non-hydrogen) atoms. The number of rotatable bonds is 6. The van der Waals surface area contributed by atoms with E-state index in [0.29, 0.717) is 12.0 Å². The summed E-state index contributed by atoms with van der Waals surface area (Å²) in [5.41, 5.74) is 3.48. The molecule has 0 saturated heterocycles. The topological polar surface area (TPSA) is 33.2 Å². The number of Topliss-reactive ketones (excluding diaryl/α,β-unsaturated/α-hetero) is 1. The summed E-state index contributed by atoms with van der Waals surface area (Å²) < 4.78 is 0. The zero-order valence-electron chi connectivity index (χ0n) is 13.3. The van der Waals surface area contributed by atoms with Crippen LogP contribution in [0.4, 0.5) is 0 Å². The van der Waals surface area contributed by atoms with Crippen molar-refractivity contribution < 1.29 is 4.79 Å². The van der Waals surface area contributed by atoms with Crippen LogP contribution in [0.2, 0.25) is 0 Å². The second kappa shape index (κ2) is 7.73. The number of pyridine rings is 1. The molecular formula is C20H22N2O. The van der Waals surface area contributed by atoms with E-state index in [1.54, 1.807) is 12.4 Å². The van der Waals surface area contributed by atoms with Crippen molar-refractivity contribution in [1.29, 1.82) is 0 Å². The molecule has 3 rings (SSSR count). The van der Waals surface area contributed by atoms with E-state index in [2.05, 4.69) is 46.5 Å². The lowest BCUT2D eigenvalue weighted by Crippen LogP contribution is -2.22. The van der Waals surface area contributed by atoms with Crippen LogP contribution < -0.4 is 0 Å². The zero-order chi connectivity index (χ0) is 15.9. The Balaban J connectivity index is 1.43. The van der Waals surface area contributed by atoms with Gasteiger partial charge in [-0.05, 0) is 54.8 Å². The lowest BCUT2D eigenvalue weighted by Gasteiger charge is -2.23. The van der Waals surface area contributed by atoms with Crippen molar-refractivity contribution in [2.75, 3.05) is 13.1 Å². The first-order valence-corrected chi connectivity index (χ1v) is 8.23. The summed E-state index contributed by atoms with van der Waals surface area (Å²) in [5.74, 6) is 0.175. The Morgan fingerprint density at radius 2 is 2.22 bits per heavy atom. The highest BCUT2D eigenvalue weighted by molar-refractivity contribution is 5.95. The minimum Gasteiger partial charge on any atom is -0.374 e. The van der Waals surface area contributed by atoms with Gasteiger partial charge < -0.3 is 4.90 Å². The quantitative estimate of drug-likeness (QED) is 0.586. The van der Waals surface area contributed by atoms with Gasteiger partial charge in [-0.25, -0.2) is 0 Å². The third kappa shape index (κ3) is 4.28. The third-order valence-corrected chi connectivity index (χ3v) is 4.22. The fourth-order valence-electron chi connectivity index (χ4n) is 2.88. The summed E-state index contributed by atoms with van der Waals surface area (Å²) in [7, 11) is 0. The van der Waals surface area contributed by atoms with Gasteiger partial charge in [0.05, 0.1) is 0 Å². The van der Waals surface area contributed by atoms with Crippen LogP contribution in [0.15, 0.2) is 72.3 Å². The average Bonchev–Trinajstić information content (AvgIpc) is 2.64. The molecule has 0 bridgehead atoms. The van der Waals surface area contributed by atoms with E-state index in [4.69, 9.17) is 0 Å². The number of carbonyl (C=O) groups excluding carboxylic acids is 1. The highest BCUT2D eigenvalue weighted by atomic mass is 16.1. The van der Waals surface area contributed by atoms with Crippen LogP contribution >= 0.6 is 0 Å². The number of carbonyl (C=O) groups is 1. The van der Waals surface area contributed by atoms with Crippen molar-refractivity contribution >= 4 is 5.78 Å². The summed E-state index contributed by atoms with van der Waals surface area (Å²) in [6.07, 6.45) is 20.2. The van der Waals surface area contributed by atoms with Crippen LogP contribution in [-0.4, -0.2) is 28.8 Å².